The van der Waals surface area contributed by atoms with Gasteiger partial charge in [-0.05, 0) is 51.3 Å². The van der Waals surface area contributed by atoms with Gasteiger partial charge in [0.05, 0.1) is 23.6 Å². The number of hydrogen-bond acceptors (Lipinski definition) is 5. The number of benzene rings is 1. The summed E-state index contributed by atoms with van der Waals surface area (Å²) in [4.78, 5) is 22.5. The minimum absolute atomic E-state index is 0.0386. The first-order valence-electron chi connectivity index (χ1n) is 12.5. The van der Waals surface area contributed by atoms with Gasteiger partial charge in [-0.1, -0.05) is 19.1 Å². The highest BCUT2D eigenvalue weighted by Crippen LogP contribution is 2.28. The Kier molecular flexibility index (Phi) is 7.92. The summed E-state index contributed by atoms with van der Waals surface area (Å²) in [5.41, 5.74) is 2.07. The topological polar surface area (TPSA) is 51.3 Å². The molecule has 1 N–H and O–H groups in total. The van der Waals surface area contributed by atoms with Crippen LogP contribution in [0.25, 0.3) is 0 Å². The first-order valence-corrected chi connectivity index (χ1v) is 12.5. The highest BCUT2D eigenvalue weighted by Gasteiger charge is 2.28. The molecule has 32 heavy (non-hydrogen) atoms. The number of morpholine rings is 1. The lowest BCUT2D eigenvalue weighted by atomic mass is 9.96. The van der Waals surface area contributed by atoms with Crippen molar-refractivity contribution in [3.05, 3.63) is 24.3 Å². The van der Waals surface area contributed by atoms with Crippen molar-refractivity contribution in [1.82, 2.24) is 14.7 Å². The zero-order valence-corrected chi connectivity index (χ0v) is 20.1. The van der Waals surface area contributed by atoms with Gasteiger partial charge >= 0.3 is 6.03 Å². The number of ether oxygens (including phenoxy) is 1. The fourth-order valence-corrected chi connectivity index (χ4v) is 5.47. The van der Waals surface area contributed by atoms with Crippen LogP contribution in [0.2, 0.25) is 0 Å². The predicted octanol–water partition coefficient (Wildman–Crippen LogP) is 3.18. The first-order chi connectivity index (χ1) is 15.5. The van der Waals surface area contributed by atoms with Gasteiger partial charge in [-0.3, -0.25) is 4.90 Å². The van der Waals surface area contributed by atoms with Gasteiger partial charge in [-0.15, -0.1) is 0 Å². The Morgan fingerprint density at radius 1 is 0.969 bits per heavy atom. The molecule has 2 unspecified atom stereocenters. The number of nitrogens with zero attached hydrogens (tertiary/aromatic N) is 4. The maximum Gasteiger partial charge on any atom is 0.321 e. The molecule has 7 nitrogen and oxygen atoms in total. The number of hydrogen-bond donors (Lipinski definition) is 1. The van der Waals surface area contributed by atoms with Gasteiger partial charge < -0.3 is 24.8 Å². The lowest BCUT2D eigenvalue weighted by Gasteiger charge is -2.39. The van der Waals surface area contributed by atoms with Crippen molar-refractivity contribution in [3.63, 3.8) is 0 Å². The summed E-state index contributed by atoms with van der Waals surface area (Å²) in [6, 6.07) is 8.28. The number of anilines is 2. The van der Waals surface area contributed by atoms with Crippen LogP contribution >= 0.6 is 0 Å². The molecule has 3 saturated heterocycles. The number of para-hydroxylation sites is 2. The van der Waals surface area contributed by atoms with Crippen molar-refractivity contribution in [1.29, 1.82) is 0 Å². The molecular formula is C25H41N5O2. The highest BCUT2D eigenvalue weighted by atomic mass is 16.5. The molecule has 3 fully saturated rings. The zero-order chi connectivity index (χ0) is 22.5. The summed E-state index contributed by atoms with van der Waals surface area (Å²) in [5, 5.41) is 3.22. The number of piperidine rings is 1. The number of amides is 2. The van der Waals surface area contributed by atoms with Crippen LogP contribution in [0.4, 0.5) is 16.2 Å². The van der Waals surface area contributed by atoms with Gasteiger partial charge in [0, 0.05) is 58.9 Å². The van der Waals surface area contributed by atoms with Gasteiger partial charge in [-0.2, -0.15) is 0 Å². The average Bonchev–Trinajstić information content (AvgIpc) is 2.79. The maximum absolute atomic E-state index is 13.0. The van der Waals surface area contributed by atoms with Crippen LogP contribution in [0.5, 0.6) is 0 Å². The second kappa shape index (κ2) is 10.9. The van der Waals surface area contributed by atoms with Crippen molar-refractivity contribution in [3.8, 4) is 0 Å². The van der Waals surface area contributed by atoms with Crippen molar-refractivity contribution < 1.29 is 9.53 Å². The Morgan fingerprint density at radius 3 is 2.28 bits per heavy atom. The number of nitrogens with one attached hydrogen (secondary N) is 1. The zero-order valence-electron chi connectivity index (χ0n) is 20.1. The summed E-state index contributed by atoms with van der Waals surface area (Å²) in [7, 11) is 0. The summed E-state index contributed by atoms with van der Waals surface area (Å²) in [6.07, 6.45) is 2.78. The van der Waals surface area contributed by atoms with Gasteiger partial charge in [0.15, 0.2) is 0 Å². The number of carbonyl (C=O) groups excluding carboxylic acids is 1. The third kappa shape index (κ3) is 5.94. The summed E-state index contributed by atoms with van der Waals surface area (Å²) in [5.74, 6) is 0.665. The van der Waals surface area contributed by atoms with E-state index in [1.54, 1.807) is 0 Å². The lowest BCUT2D eigenvalue weighted by molar-refractivity contribution is -0.0728. The molecule has 3 aliphatic rings. The SMILES string of the molecule is CCN1CCN(c2ccccc2NC(=O)N2CCC(CN3CC(C)OC(C)C3)CC2)CC1. The molecule has 4 rings (SSSR count). The maximum atomic E-state index is 13.0. The van der Waals surface area contributed by atoms with Crippen LogP contribution in [0.1, 0.15) is 33.6 Å². The fourth-order valence-electron chi connectivity index (χ4n) is 5.47. The van der Waals surface area contributed by atoms with E-state index in [0.717, 1.165) is 89.7 Å². The number of piperazine rings is 1. The molecule has 0 aliphatic carbocycles. The van der Waals surface area contributed by atoms with E-state index in [2.05, 4.69) is 52.9 Å². The van der Waals surface area contributed by atoms with E-state index in [1.807, 2.05) is 17.0 Å². The standard InChI is InChI=1S/C25H41N5O2/c1-4-27-13-15-29(16-14-27)24-8-6-5-7-23(24)26-25(31)30-11-9-22(10-12-30)19-28-17-20(2)32-21(3)18-28/h5-8,20-22H,4,9-19H2,1-3H3,(H,26,31). The molecule has 0 spiro atoms. The quantitative estimate of drug-likeness (QED) is 0.758. The van der Waals surface area contributed by atoms with E-state index in [1.165, 1.54) is 0 Å². The third-order valence-corrected chi connectivity index (χ3v) is 7.22. The van der Waals surface area contributed by atoms with Crippen LogP contribution in [-0.4, -0.2) is 98.4 Å². The molecule has 1 aromatic carbocycles. The van der Waals surface area contributed by atoms with Crippen LogP contribution in [0.15, 0.2) is 24.3 Å². The van der Waals surface area contributed by atoms with Crippen LogP contribution in [0, 0.1) is 5.92 Å². The largest absolute Gasteiger partial charge is 0.373 e. The molecule has 0 bridgehead atoms. The van der Waals surface area contributed by atoms with Gasteiger partial charge in [0.1, 0.15) is 0 Å². The number of likely N-dealkylation sites (tertiary alicyclic amines) is 1. The molecule has 7 heteroatoms. The van der Waals surface area contributed by atoms with E-state index >= 15 is 0 Å². The predicted molar refractivity (Wildman–Crippen MR) is 131 cm³/mol. The average molecular weight is 444 g/mol. The van der Waals surface area contributed by atoms with Crippen molar-refractivity contribution in [2.45, 2.75) is 45.8 Å². The Balaban J connectivity index is 1.27. The molecule has 178 valence electrons. The molecule has 0 radical (unpaired) electrons. The van der Waals surface area contributed by atoms with E-state index in [9.17, 15) is 4.79 Å². The Morgan fingerprint density at radius 2 is 1.62 bits per heavy atom. The third-order valence-electron chi connectivity index (χ3n) is 7.22. The Hall–Kier alpha value is -1.83. The Bertz CT molecular complexity index is 734. The number of carbonyl (C=O) groups is 1. The van der Waals surface area contributed by atoms with E-state index < -0.39 is 0 Å². The molecular weight excluding hydrogens is 402 g/mol. The van der Waals surface area contributed by atoms with Gasteiger partial charge in [0.2, 0.25) is 0 Å². The van der Waals surface area contributed by atoms with Gasteiger partial charge in [-0.25, -0.2) is 4.79 Å². The first kappa shape index (κ1) is 23.3. The normalized spacial score (nSPS) is 26.3. The lowest BCUT2D eigenvalue weighted by Crippen LogP contribution is -2.49. The van der Waals surface area contributed by atoms with Crippen molar-refractivity contribution in [2.24, 2.45) is 5.92 Å². The van der Waals surface area contributed by atoms with E-state index in [0.29, 0.717) is 18.1 Å². The Labute approximate surface area is 193 Å². The summed E-state index contributed by atoms with van der Waals surface area (Å²) < 4.78 is 5.87. The second-order valence-electron chi connectivity index (χ2n) is 9.77. The monoisotopic (exact) mass is 443 g/mol. The van der Waals surface area contributed by atoms with Crippen molar-refractivity contribution in [2.75, 3.05) is 75.7 Å². The van der Waals surface area contributed by atoms with E-state index in [-0.39, 0.29) is 6.03 Å². The van der Waals surface area contributed by atoms with Crippen LogP contribution < -0.4 is 10.2 Å². The molecule has 3 heterocycles. The summed E-state index contributed by atoms with van der Waals surface area (Å²) >= 11 is 0. The second-order valence-corrected chi connectivity index (χ2v) is 9.77. The minimum Gasteiger partial charge on any atom is -0.373 e. The van der Waals surface area contributed by atoms with E-state index in [4.69, 9.17) is 4.74 Å². The molecule has 2 amide bonds. The smallest absolute Gasteiger partial charge is 0.321 e. The number of rotatable bonds is 5. The molecule has 1 aromatic rings. The molecule has 3 aliphatic heterocycles. The highest BCUT2D eigenvalue weighted by molar-refractivity contribution is 5.93. The number of likely N-dealkylation sites (N-methyl/N-ethyl adjacent to an activating group) is 1. The fraction of sp³-hybridized carbons (Fsp3) is 0.720. The van der Waals surface area contributed by atoms with Crippen molar-refractivity contribution >= 4 is 17.4 Å². The van der Waals surface area contributed by atoms with Gasteiger partial charge in [0.25, 0.3) is 0 Å². The van der Waals surface area contributed by atoms with Crippen LogP contribution in [0.3, 0.4) is 0 Å². The summed E-state index contributed by atoms with van der Waals surface area (Å²) in [6.45, 7) is 16.7. The molecule has 2 atom stereocenters. The minimum atomic E-state index is 0.0386. The number of urea groups is 1. The molecule has 0 saturated carbocycles. The van der Waals surface area contributed by atoms with Crippen LogP contribution in [-0.2, 0) is 4.74 Å². The molecule has 0 aromatic heterocycles.